The van der Waals surface area contributed by atoms with E-state index >= 15 is 0 Å². The van der Waals surface area contributed by atoms with Gasteiger partial charge in [0.25, 0.3) is 5.69 Å². The van der Waals surface area contributed by atoms with Gasteiger partial charge in [-0.2, -0.15) is 0 Å². The Morgan fingerprint density at radius 2 is 2.07 bits per heavy atom. The summed E-state index contributed by atoms with van der Waals surface area (Å²) in [7, 11) is 0. The van der Waals surface area contributed by atoms with E-state index in [1.807, 2.05) is 6.92 Å². The monoisotopic (exact) mass is 403 g/mol. The summed E-state index contributed by atoms with van der Waals surface area (Å²) in [5.74, 6) is -0.191. The highest BCUT2D eigenvalue weighted by atomic mass is 16.6. The zero-order valence-electron chi connectivity index (χ0n) is 17.8. The maximum Gasteiger partial charge on any atom is 0.293 e. The largest absolute Gasteiger partial charge is 0.378 e. The zero-order chi connectivity index (χ0) is 21.0. The van der Waals surface area contributed by atoms with E-state index in [0.717, 1.165) is 38.8 Å². The van der Waals surface area contributed by atoms with Crippen molar-refractivity contribution in [2.24, 2.45) is 5.41 Å². The average molecular weight is 404 g/mol. The smallest absolute Gasteiger partial charge is 0.293 e. The number of ether oxygens (including phenoxy) is 1. The number of nitrogens with one attached hydrogen (secondary N) is 1. The Labute approximate surface area is 172 Å². The van der Waals surface area contributed by atoms with Crippen LogP contribution in [0.15, 0.2) is 18.2 Å². The molecule has 7 heteroatoms. The van der Waals surface area contributed by atoms with E-state index in [4.69, 9.17) is 4.74 Å². The summed E-state index contributed by atoms with van der Waals surface area (Å²) < 4.78 is 6.03. The third-order valence-corrected chi connectivity index (χ3v) is 6.65. The lowest BCUT2D eigenvalue weighted by molar-refractivity contribution is -0.384. The van der Waals surface area contributed by atoms with Gasteiger partial charge in [0, 0.05) is 24.1 Å². The molecule has 3 rings (SSSR count). The highest BCUT2D eigenvalue weighted by Crippen LogP contribution is 2.56. The number of carbonyl (C=O) groups is 1. The van der Waals surface area contributed by atoms with E-state index < -0.39 is 4.92 Å². The van der Waals surface area contributed by atoms with Crippen LogP contribution in [-0.4, -0.2) is 47.6 Å². The summed E-state index contributed by atoms with van der Waals surface area (Å²) in [6.45, 7) is 7.77. The van der Waals surface area contributed by atoms with Crippen LogP contribution in [0.4, 0.5) is 11.4 Å². The predicted octanol–water partition coefficient (Wildman–Crippen LogP) is 4.29. The number of hydrogen-bond acceptors (Lipinski definition) is 5. The molecule has 1 aromatic carbocycles. The molecule has 2 atom stereocenters. The third kappa shape index (κ3) is 4.31. The van der Waals surface area contributed by atoms with Gasteiger partial charge in [0.05, 0.1) is 17.6 Å². The fraction of sp³-hybridized carbons (Fsp3) is 0.682. The Morgan fingerprint density at radius 1 is 1.34 bits per heavy atom. The highest BCUT2D eigenvalue weighted by Gasteiger charge is 2.58. The fourth-order valence-electron chi connectivity index (χ4n) is 5.33. The van der Waals surface area contributed by atoms with E-state index in [1.165, 1.54) is 18.9 Å². The molecule has 2 saturated carbocycles. The standard InChI is InChI=1S/C22H33N3O4/c1-4-13-24(18-14-19(29-5-2)22(18)11-6-7-12-22)15-20(26)23-21-16(3)9-8-10-17(21)25(27)28/h8-10,18-19H,4-7,11-15H2,1-3H3,(H,23,26)/t18-,19+/m0/s1. The number of carbonyl (C=O) groups excluding carboxylic acids is 1. The van der Waals surface area contributed by atoms with Crippen molar-refractivity contribution in [1.82, 2.24) is 4.90 Å². The lowest BCUT2D eigenvalue weighted by atomic mass is 9.60. The Morgan fingerprint density at radius 3 is 2.69 bits per heavy atom. The van der Waals surface area contributed by atoms with Crippen LogP contribution in [0.3, 0.4) is 0 Å². The number of nitrogens with zero attached hydrogens (tertiary/aromatic N) is 2. The number of anilines is 1. The van der Waals surface area contributed by atoms with Crippen molar-refractivity contribution in [2.45, 2.75) is 71.4 Å². The first-order chi connectivity index (χ1) is 13.9. The number of rotatable bonds is 9. The van der Waals surface area contributed by atoms with Crippen LogP contribution in [0.25, 0.3) is 0 Å². The van der Waals surface area contributed by atoms with Crippen molar-refractivity contribution < 1.29 is 14.5 Å². The minimum atomic E-state index is -0.446. The molecule has 1 aromatic rings. The van der Waals surface area contributed by atoms with Gasteiger partial charge in [-0.05, 0) is 51.6 Å². The Hall–Kier alpha value is -1.99. The summed E-state index contributed by atoms with van der Waals surface area (Å²) in [6, 6.07) is 5.19. The molecule has 160 valence electrons. The van der Waals surface area contributed by atoms with Crippen LogP contribution in [0.1, 0.15) is 57.9 Å². The van der Waals surface area contributed by atoms with Crippen LogP contribution in [0.2, 0.25) is 0 Å². The van der Waals surface area contributed by atoms with Gasteiger partial charge in [-0.25, -0.2) is 0 Å². The van der Waals surface area contributed by atoms with Gasteiger partial charge in [-0.3, -0.25) is 19.8 Å². The molecule has 1 N–H and O–H groups in total. The summed E-state index contributed by atoms with van der Waals surface area (Å²) in [4.78, 5) is 26.0. The number of aryl methyl sites for hydroxylation is 1. The Bertz CT molecular complexity index is 746. The second-order valence-corrected chi connectivity index (χ2v) is 8.38. The molecule has 29 heavy (non-hydrogen) atoms. The van der Waals surface area contributed by atoms with E-state index in [1.54, 1.807) is 19.1 Å². The minimum absolute atomic E-state index is 0.0623. The molecule has 0 unspecified atom stereocenters. The fourth-order valence-corrected chi connectivity index (χ4v) is 5.33. The number of para-hydroxylation sites is 1. The normalized spacial score (nSPS) is 22.6. The first kappa shape index (κ1) is 21.7. The zero-order valence-corrected chi connectivity index (χ0v) is 17.8. The average Bonchev–Trinajstić information content (AvgIpc) is 3.19. The lowest BCUT2D eigenvalue weighted by Gasteiger charge is -2.57. The number of benzene rings is 1. The molecule has 0 radical (unpaired) electrons. The van der Waals surface area contributed by atoms with Crippen molar-refractivity contribution in [1.29, 1.82) is 0 Å². The van der Waals surface area contributed by atoms with Crippen LogP contribution in [0.5, 0.6) is 0 Å². The number of hydrogen-bond donors (Lipinski definition) is 1. The van der Waals surface area contributed by atoms with Crippen LogP contribution >= 0.6 is 0 Å². The molecule has 1 amide bonds. The van der Waals surface area contributed by atoms with Gasteiger partial charge >= 0.3 is 0 Å². The van der Waals surface area contributed by atoms with Gasteiger partial charge < -0.3 is 10.1 Å². The molecule has 2 aliphatic carbocycles. The second-order valence-electron chi connectivity index (χ2n) is 8.38. The van der Waals surface area contributed by atoms with Crippen molar-refractivity contribution in [3.8, 4) is 0 Å². The summed E-state index contributed by atoms with van der Waals surface area (Å²) in [5, 5.41) is 14.2. The Kier molecular flexibility index (Phi) is 6.90. The molecule has 2 aliphatic rings. The molecule has 2 fully saturated rings. The number of nitro groups is 1. The van der Waals surface area contributed by atoms with Gasteiger partial charge in [-0.1, -0.05) is 31.9 Å². The molecular formula is C22H33N3O4. The van der Waals surface area contributed by atoms with E-state index in [9.17, 15) is 14.9 Å². The van der Waals surface area contributed by atoms with Crippen LogP contribution < -0.4 is 5.32 Å². The topological polar surface area (TPSA) is 84.7 Å². The van der Waals surface area contributed by atoms with E-state index in [2.05, 4.69) is 17.1 Å². The molecule has 0 bridgehead atoms. The summed E-state index contributed by atoms with van der Waals surface area (Å²) >= 11 is 0. The minimum Gasteiger partial charge on any atom is -0.378 e. The quantitative estimate of drug-likeness (QED) is 0.491. The SMILES string of the molecule is CCCN(CC(=O)Nc1c(C)cccc1[N+](=O)[O-])[C@H]1C[C@@H](OCC)C12CCCC2. The summed E-state index contributed by atoms with van der Waals surface area (Å²) in [6.07, 6.45) is 6.99. The van der Waals surface area contributed by atoms with Gasteiger partial charge in [0.15, 0.2) is 0 Å². The van der Waals surface area contributed by atoms with Gasteiger partial charge in [0.2, 0.25) is 5.91 Å². The predicted molar refractivity (Wildman–Crippen MR) is 113 cm³/mol. The molecule has 0 aliphatic heterocycles. The van der Waals surface area contributed by atoms with Crippen molar-refractivity contribution in [3.05, 3.63) is 33.9 Å². The maximum absolute atomic E-state index is 12.9. The third-order valence-electron chi connectivity index (χ3n) is 6.65. The first-order valence-corrected chi connectivity index (χ1v) is 10.8. The number of nitro benzene ring substituents is 1. The van der Waals surface area contributed by atoms with E-state index in [0.29, 0.717) is 23.4 Å². The van der Waals surface area contributed by atoms with Crippen LogP contribution in [0, 0.1) is 22.5 Å². The van der Waals surface area contributed by atoms with E-state index in [-0.39, 0.29) is 23.6 Å². The van der Waals surface area contributed by atoms with Crippen molar-refractivity contribution in [3.63, 3.8) is 0 Å². The second kappa shape index (κ2) is 9.22. The summed E-state index contributed by atoms with van der Waals surface area (Å²) in [5.41, 5.74) is 1.10. The lowest BCUT2D eigenvalue weighted by Crippen LogP contribution is -2.64. The van der Waals surface area contributed by atoms with Crippen molar-refractivity contribution >= 4 is 17.3 Å². The van der Waals surface area contributed by atoms with Gasteiger partial charge in [-0.15, -0.1) is 0 Å². The Balaban J connectivity index is 1.73. The molecule has 7 nitrogen and oxygen atoms in total. The molecule has 0 heterocycles. The van der Waals surface area contributed by atoms with Gasteiger partial charge in [0.1, 0.15) is 5.69 Å². The molecule has 0 saturated heterocycles. The van der Waals surface area contributed by atoms with Crippen molar-refractivity contribution in [2.75, 3.05) is 25.0 Å². The molecule has 0 aromatic heterocycles. The number of amides is 1. The highest BCUT2D eigenvalue weighted by molar-refractivity contribution is 5.95. The van der Waals surface area contributed by atoms with Crippen LogP contribution in [-0.2, 0) is 9.53 Å². The first-order valence-electron chi connectivity index (χ1n) is 10.8. The molecule has 1 spiro atoms. The maximum atomic E-state index is 12.9. The molecular weight excluding hydrogens is 370 g/mol.